The fourth-order valence-electron chi connectivity index (χ4n) is 1.95. The number of nitrogens with one attached hydrogen (secondary N) is 1. The van der Waals surface area contributed by atoms with Gasteiger partial charge in [0.25, 0.3) is 10.0 Å². The lowest BCUT2D eigenvalue weighted by atomic mass is 10.2. The molecular weight excluding hydrogens is 370 g/mol. The van der Waals surface area contributed by atoms with Crippen molar-refractivity contribution in [1.82, 2.24) is 9.88 Å². The SMILES string of the molecule is CCN(C)C(=O)Cc1cnc(NS(=O)(=O)c2cccc(Cl)c2C)s1. The van der Waals surface area contributed by atoms with Crippen LogP contribution in [0.2, 0.25) is 5.02 Å². The van der Waals surface area contributed by atoms with Crippen LogP contribution in [0.3, 0.4) is 0 Å². The number of aromatic nitrogens is 1. The number of amides is 1. The lowest BCUT2D eigenvalue weighted by Crippen LogP contribution is -2.27. The molecule has 0 saturated carbocycles. The van der Waals surface area contributed by atoms with Gasteiger partial charge in [-0.15, -0.1) is 11.3 Å². The summed E-state index contributed by atoms with van der Waals surface area (Å²) in [5, 5.41) is 0.599. The number of benzene rings is 1. The lowest BCUT2D eigenvalue weighted by molar-refractivity contribution is -0.128. The van der Waals surface area contributed by atoms with E-state index in [-0.39, 0.29) is 22.4 Å². The summed E-state index contributed by atoms with van der Waals surface area (Å²) in [5.41, 5.74) is 0.475. The third kappa shape index (κ3) is 4.25. The third-order valence-corrected chi connectivity index (χ3v) is 6.44. The van der Waals surface area contributed by atoms with Gasteiger partial charge in [-0.2, -0.15) is 0 Å². The van der Waals surface area contributed by atoms with Crippen LogP contribution in [-0.4, -0.2) is 37.8 Å². The molecule has 1 heterocycles. The molecule has 0 fully saturated rings. The number of sulfonamides is 1. The van der Waals surface area contributed by atoms with Crippen molar-refractivity contribution in [2.75, 3.05) is 18.3 Å². The quantitative estimate of drug-likeness (QED) is 0.826. The minimum absolute atomic E-state index is 0.0405. The normalized spacial score (nSPS) is 11.3. The number of nitrogens with zero attached hydrogens (tertiary/aromatic N) is 2. The first-order valence-electron chi connectivity index (χ1n) is 7.21. The fourth-order valence-corrected chi connectivity index (χ4v) is 4.49. The maximum absolute atomic E-state index is 12.5. The van der Waals surface area contributed by atoms with Gasteiger partial charge in [0, 0.05) is 29.7 Å². The Morgan fingerprint density at radius 2 is 2.12 bits per heavy atom. The van der Waals surface area contributed by atoms with Gasteiger partial charge in [-0.3, -0.25) is 9.52 Å². The molecule has 0 saturated heterocycles. The molecule has 0 radical (unpaired) electrons. The molecule has 1 aromatic carbocycles. The summed E-state index contributed by atoms with van der Waals surface area (Å²) in [5.74, 6) is -0.0405. The van der Waals surface area contributed by atoms with Gasteiger partial charge in [0.05, 0.1) is 11.3 Å². The van der Waals surface area contributed by atoms with Gasteiger partial charge in [-0.25, -0.2) is 13.4 Å². The Morgan fingerprint density at radius 3 is 2.79 bits per heavy atom. The highest BCUT2D eigenvalue weighted by Crippen LogP contribution is 2.26. The molecule has 0 bridgehead atoms. The smallest absolute Gasteiger partial charge is 0.263 e. The van der Waals surface area contributed by atoms with Crippen LogP contribution >= 0.6 is 22.9 Å². The highest BCUT2D eigenvalue weighted by molar-refractivity contribution is 7.93. The zero-order valence-electron chi connectivity index (χ0n) is 13.5. The van der Waals surface area contributed by atoms with E-state index < -0.39 is 10.0 Å². The van der Waals surface area contributed by atoms with Crippen LogP contribution in [0, 0.1) is 6.92 Å². The van der Waals surface area contributed by atoms with Gasteiger partial charge < -0.3 is 4.90 Å². The van der Waals surface area contributed by atoms with Crippen molar-refractivity contribution >= 4 is 44.0 Å². The Labute approximate surface area is 150 Å². The maximum atomic E-state index is 12.5. The van der Waals surface area contributed by atoms with Gasteiger partial charge in [-0.05, 0) is 31.5 Å². The van der Waals surface area contributed by atoms with E-state index in [0.717, 1.165) is 11.3 Å². The summed E-state index contributed by atoms with van der Waals surface area (Å²) in [7, 11) is -2.07. The Hall–Kier alpha value is -1.64. The van der Waals surface area contributed by atoms with E-state index in [0.29, 0.717) is 22.0 Å². The van der Waals surface area contributed by atoms with Crippen LogP contribution in [0.15, 0.2) is 29.3 Å². The van der Waals surface area contributed by atoms with Crippen molar-refractivity contribution < 1.29 is 13.2 Å². The Balaban J connectivity index is 2.17. The largest absolute Gasteiger partial charge is 0.346 e. The molecule has 6 nitrogen and oxygen atoms in total. The van der Waals surface area contributed by atoms with E-state index in [1.807, 2.05) is 6.92 Å². The molecule has 2 aromatic rings. The number of hydrogen-bond donors (Lipinski definition) is 1. The minimum Gasteiger partial charge on any atom is -0.346 e. The average molecular weight is 388 g/mol. The lowest BCUT2D eigenvalue weighted by Gasteiger charge is -2.13. The van der Waals surface area contributed by atoms with Crippen LogP contribution in [0.5, 0.6) is 0 Å². The van der Waals surface area contributed by atoms with Gasteiger partial charge in [0.2, 0.25) is 5.91 Å². The Morgan fingerprint density at radius 1 is 1.42 bits per heavy atom. The molecule has 1 aromatic heterocycles. The zero-order chi connectivity index (χ0) is 17.9. The molecule has 24 heavy (non-hydrogen) atoms. The number of carbonyl (C=O) groups excluding carboxylic acids is 1. The highest BCUT2D eigenvalue weighted by atomic mass is 35.5. The first-order valence-corrected chi connectivity index (χ1v) is 9.89. The van der Waals surface area contributed by atoms with Crippen molar-refractivity contribution in [1.29, 1.82) is 0 Å². The summed E-state index contributed by atoms with van der Waals surface area (Å²) in [6.45, 7) is 4.14. The summed E-state index contributed by atoms with van der Waals surface area (Å²) < 4.78 is 27.4. The molecular formula is C15H18ClN3O3S2. The van der Waals surface area contributed by atoms with Crippen LogP contribution in [-0.2, 0) is 21.2 Å². The van der Waals surface area contributed by atoms with Gasteiger partial charge in [-0.1, -0.05) is 17.7 Å². The molecule has 0 aliphatic rings. The first-order chi connectivity index (χ1) is 11.2. The van der Waals surface area contributed by atoms with E-state index in [4.69, 9.17) is 11.6 Å². The predicted molar refractivity (Wildman–Crippen MR) is 96.1 cm³/mol. The van der Waals surface area contributed by atoms with E-state index in [1.54, 1.807) is 31.0 Å². The van der Waals surface area contributed by atoms with Crippen molar-refractivity contribution in [2.45, 2.75) is 25.2 Å². The third-order valence-electron chi connectivity index (χ3n) is 3.51. The Bertz CT molecular complexity index is 849. The van der Waals surface area contributed by atoms with E-state index in [1.165, 1.54) is 12.3 Å². The van der Waals surface area contributed by atoms with Crippen molar-refractivity contribution in [3.63, 3.8) is 0 Å². The topological polar surface area (TPSA) is 79.4 Å². The second-order valence-electron chi connectivity index (χ2n) is 5.18. The summed E-state index contributed by atoms with van der Waals surface area (Å²) >= 11 is 7.12. The highest BCUT2D eigenvalue weighted by Gasteiger charge is 2.20. The van der Waals surface area contributed by atoms with Crippen LogP contribution in [0.4, 0.5) is 5.13 Å². The minimum atomic E-state index is -3.78. The number of hydrogen-bond acceptors (Lipinski definition) is 5. The van der Waals surface area contributed by atoms with E-state index >= 15 is 0 Å². The summed E-state index contributed by atoms with van der Waals surface area (Å²) in [6.07, 6.45) is 1.70. The number of likely N-dealkylation sites (N-methyl/N-ethyl adjacent to an activating group) is 1. The van der Waals surface area contributed by atoms with Crippen LogP contribution in [0.1, 0.15) is 17.4 Å². The van der Waals surface area contributed by atoms with Crippen molar-refractivity contribution in [3.8, 4) is 0 Å². The average Bonchev–Trinajstić information content (AvgIpc) is 2.95. The molecule has 0 unspecified atom stereocenters. The van der Waals surface area contributed by atoms with E-state index in [9.17, 15) is 13.2 Å². The molecule has 9 heteroatoms. The maximum Gasteiger partial charge on any atom is 0.263 e. The first kappa shape index (κ1) is 18.7. The number of thiazole rings is 1. The van der Waals surface area contributed by atoms with Gasteiger partial charge >= 0.3 is 0 Å². The van der Waals surface area contributed by atoms with Crippen molar-refractivity contribution in [3.05, 3.63) is 39.9 Å². The molecule has 1 N–H and O–H groups in total. The second kappa shape index (κ2) is 7.50. The zero-order valence-corrected chi connectivity index (χ0v) is 15.9. The molecule has 130 valence electrons. The number of anilines is 1. The summed E-state index contributed by atoms with van der Waals surface area (Å²) in [6, 6.07) is 4.70. The molecule has 0 aliphatic heterocycles. The second-order valence-corrected chi connectivity index (χ2v) is 8.36. The predicted octanol–water partition coefficient (Wildman–Crippen LogP) is 2.93. The van der Waals surface area contributed by atoms with Crippen LogP contribution < -0.4 is 4.72 Å². The molecule has 2 rings (SSSR count). The van der Waals surface area contributed by atoms with Crippen LogP contribution in [0.25, 0.3) is 0 Å². The van der Waals surface area contributed by atoms with E-state index in [2.05, 4.69) is 9.71 Å². The Kier molecular flexibility index (Phi) is 5.84. The monoisotopic (exact) mass is 387 g/mol. The molecule has 0 aliphatic carbocycles. The number of halogens is 1. The standard InChI is InChI=1S/C15H18ClN3O3S2/c1-4-19(3)14(20)8-11-9-17-15(23-11)18-24(21,22)13-7-5-6-12(16)10(13)2/h5-7,9H,4,8H2,1-3H3,(H,17,18). The van der Waals surface area contributed by atoms with Gasteiger partial charge in [0.1, 0.15) is 0 Å². The van der Waals surface area contributed by atoms with Gasteiger partial charge in [0.15, 0.2) is 5.13 Å². The summed E-state index contributed by atoms with van der Waals surface area (Å²) in [4.78, 5) is 18.3. The fraction of sp³-hybridized carbons (Fsp3) is 0.333. The molecule has 0 atom stereocenters. The number of rotatable bonds is 6. The molecule has 0 spiro atoms. The molecule has 1 amide bonds. The number of carbonyl (C=O) groups is 1. The van der Waals surface area contributed by atoms with Crippen molar-refractivity contribution in [2.24, 2.45) is 0 Å².